The molecular weight excluding hydrogens is 216 g/mol. The van der Waals surface area contributed by atoms with Crippen LogP contribution in [0.15, 0.2) is 12.1 Å². The molecule has 0 radical (unpaired) electrons. The Bertz CT molecular complexity index is 423. The van der Waals surface area contributed by atoms with Crippen LogP contribution in [0.1, 0.15) is 54.7 Å². The van der Waals surface area contributed by atoms with Gasteiger partial charge in [-0.2, -0.15) is 5.26 Å². The summed E-state index contributed by atoms with van der Waals surface area (Å²) in [6.07, 6.45) is 6.68. The number of H-pyrrole nitrogens is 1. The van der Waals surface area contributed by atoms with Crippen molar-refractivity contribution in [2.75, 3.05) is 0 Å². The predicted molar refractivity (Wildman–Crippen MR) is 62.4 cm³/mol. The van der Waals surface area contributed by atoms with E-state index in [-0.39, 0.29) is 12.1 Å². The zero-order valence-electron chi connectivity index (χ0n) is 9.74. The van der Waals surface area contributed by atoms with Crippen LogP contribution in [0.5, 0.6) is 0 Å². The molecule has 0 atom stereocenters. The molecular formula is C13H16N2O2. The Kier molecular flexibility index (Phi) is 3.81. The Morgan fingerprint density at radius 2 is 2.00 bits per heavy atom. The number of nitriles is 1. The highest BCUT2D eigenvalue weighted by Gasteiger charge is 2.18. The monoisotopic (exact) mass is 232 g/mol. The fraction of sp³-hybridized carbons (Fsp3) is 0.538. The maximum Gasteiger partial charge on any atom is 0.355 e. The minimum absolute atomic E-state index is 0.0406. The van der Waals surface area contributed by atoms with Gasteiger partial charge in [0.2, 0.25) is 0 Å². The molecule has 1 N–H and O–H groups in total. The van der Waals surface area contributed by atoms with Crippen LogP contribution in [0.25, 0.3) is 0 Å². The van der Waals surface area contributed by atoms with Crippen molar-refractivity contribution >= 4 is 5.97 Å². The topological polar surface area (TPSA) is 65.9 Å². The molecule has 1 aromatic heterocycles. The van der Waals surface area contributed by atoms with Crippen LogP contribution in [-0.4, -0.2) is 17.1 Å². The molecule has 0 unspecified atom stereocenters. The van der Waals surface area contributed by atoms with Gasteiger partial charge in [-0.05, 0) is 37.8 Å². The third-order valence-corrected chi connectivity index (χ3v) is 3.10. The number of nitrogens with zero attached hydrogens (tertiary/aromatic N) is 1. The van der Waals surface area contributed by atoms with Gasteiger partial charge in [-0.15, -0.1) is 0 Å². The van der Waals surface area contributed by atoms with E-state index in [0.717, 1.165) is 25.7 Å². The Labute approximate surface area is 101 Å². The molecule has 1 aromatic rings. The highest BCUT2D eigenvalue weighted by Crippen LogP contribution is 2.20. The molecule has 2 rings (SSSR count). The van der Waals surface area contributed by atoms with E-state index in [2.05, 4.69) is 4.98 Å². The molecule has 0 amide bonds. The van der Waals surface area contributed by atoms with Crippen molar-refractivity contribution in [3.8, 4) is 6.07 Å². The smallest absolute Gasteiger partial charge is 0.355 e. The second-order valence-corrected chi connectivity index (χ2v) is 4.42. The molecule has 0 saturated heterocycles. The number of aromatic amines is 1. The van der Waals surface area contributed by atoms with E-state index in [0.29, 0.717) is 11.4 Å². The summed E-state index contributed by atoms with van der Waals surface area (Å²) in [6.45, 7) is 0. The molecule has 0 aromatic carbocycles. The van der Waals surface area contributed by atoms with Gasteiger partial charge in [-0.1, -0.05) is 12.8 Å². The van der Waals surface area contributed by atoms with Crippen molar-refractivity contribution in [2.45, 2.75) is 44.6 Å². The van der Waals surface area contributed by atoms with Gasteiger partial charge in [-0.3, -0.25) is 0 Å². The van der Waals surface area contributed by atoms with Gasteiger partial charge in [0.05, 0.1) is 0 Å². The highest BCUT2D eigenvalue weighted by atomic mass is 16.5. The predicted octanol–water partition coefficient (Wildman–Crippen LogP) is 2.77. The van der Waals surface area contributed by atoms with Crippen LogP contribution >= 0.6 is 0 Å². The number of hydrogen-bond acceptors (Lipinski definition) is 3. The number of aromatic nitrogens is 1. The van der Waals surface area contributed by atoms with E-state index in [4.69, 9.17) is 10.00 Å². The second kappa shape index (κ2) is 5.53. The van der Waals surface area contributed by atoms with E-state index in [1.54, 1.807) is 12.1 Å². The van der Waals surface area contributed by atoms with Crippen LogP contribution in [0.3, 0.4) is 0 Å². The summed E-state index contributed by atoms with van der Waals surface area (Å²) in [5, 5.41) is 8.66. The number of ether oxygens (including phenoxy) is 1. The summed E-state index contributed by atoms with van der Waals surface area (Å²) >= 11 is 0. The molecule has 4 nitrogen and oxygen atoms in total. The summed E-state index contributed by atoms with van der Waals surface area (Å²) in [4.78, 5) is 14.5. The maximum absolute atomic E-state index is 11.8. The summed E-state index contributed by atoms with van der Waals surface area (Å²) < 4.78 is 5.44. The van der Waals surface area contributed by atoms with Crippen molar-refractivity contribution in [3.63, 3.8) is 0 Å². The molecule has 17 heavy (non-hydrogen) atoms. The third-order valence-electron chi connectivity index (χ3n) is 3.10. The van der Waals surface area contributed by atoms with E-state index >= 15 is 0 Å². The first-order valence-electron chi connectivity index (χ1n) is 6.09. The molecule has 1 heterocycles. The molecule has 0 aliphatic heterocycles. The van der Waals surface area contributed by atoms with Gasteiger partial charge in [0, 0.05) is 0 Å². The number of esters is 1. The Morgan fingerprint density at radius 3 is 2.59 bits per heavy atom. The van der Waals surface area contributed by atoms with Crippen molar-refractivity contribution in [2.24, 2.45) is 0 Å². The van der Waals surface area contributed by atoms with Crippen molar-refractivity contribution in [1.29, 1.82) is 5.26 Å². The standard InChI is InChI=1S/C13H16N2O2/c14-9-10-7-8-12(15-10)13(16)17-11-5-3-1-2-4-6-11/h7-8,11,15H,1-6H2. The molecule has 1 saturated carbocycles. The fourth-order valence-electron chi connectivity index (χ4n) is 2.15. The van der Waals surface area contributed by atoms with Gasteiger partial charge < -0.3 is 9.72 Å². The minimum atomic E-state index is -0.349. The van der Waals surface area contributed by atoms with Gasteiger partial charge in [-0.25, -0.2) is 4.79 Å². The van der Waals surface area contributed by atoms with Crippen LogP contribution in [0.4, 0.5) is 0 Å². The second-order valence-electron chi connectivity index (χ2n) is 4.42. The number of carbonyl (C=O) groups excluding carboxylic acids is 1. The summed E-state index contributed by atoms with van der Waals surface area (Å²) in [7, 11) is 0. The van der Waals surface area contributed by atoms with Gasteiger partial charge in [0.1, 0.15) is 23.6 Å². The Morgan fingerprint density at radius 1 is 1.29 bits per heavy atom. The van der Waals surface area contributed by atoms with Crippen molar-refractivity contribution < 1.29 is 9.53 Å². The Balaban J connectivity index is 1.94. The van der Waals surface area contributed by atoms with E-state index in [1.807, 2.05) is 6.07 Å². The van der Waals surface area contributed by atoms with Crippen LogP contribution < -0.4 is 0 Å². The van der Waals surface area contributed by atoms with Gasteiger partial charge in [0.15, 0.2) is 0 Å². The number of hydrogen-bond donors (Lipinski definition) is 1. The SMILES string of the molecule is N#Cc1ccc(C(=O)OC2CCCCCC2)[nH]1. The van der Waals surface area contributed by atoms with E-state index in [1.165, 1.54) is 12.8 Å². The molecule has 90 valence electrons. The first-order valence-corrected chi connectivity index (χ1v) is 6.09. The summed E-state index contributed by atoms with van der Waals surface area (Å²) in [5.74, 6) is -0.349. The lowest BCUT2D eigenvalue weighted by Gasteiger charge is -2.14. The van der Waals surface area contributed by atoms with E-state index < -0.39 is 0 Å². The number of nitrogens with one attached hydrogen (secondary N) is 1. The quantitative estimate of drug-likeness (QED) is 0.629. The average molecular weight is 232 g/mol. The molecule has 0 bridgehead atoms. The zero-order chi connectivity index (χ0) is 12.1. The lowest BCUT2D eigenvalue weighted by Crippen LogP contribution is -2.17. The fourth-order valence-corrected chi connectivity index (χ4v) is 2.15. The van der Waals surface area contributed by atoms with Crippen LogP contribution in [0, 0.1) is 11.3 Å². The number of rotatable bonds is 2. The minimum Gasteiger partial charge on any atom is -0.458 e. The summed E-state index contributed by atoms with van der Waals surface area (Å²) in [6, 6.07) is 5.13. The molecule has 4 heteroatoms. The van der Waals surface area contributed by atoms with Crippen molar-refractivity contribution in [1.82, 2.24) is 4.98 Å². The Hall–Kier alpha value is -1.76. The van der Waals surface area contributed by atoms with Crippen molar-refractivity contribution in [3.05, 3.63) is 23.5 Å². The lowest BCUT2D eigenvalue weighted by molar-refractivity contribution is 0.0261. The summed E-state index contributed by atoms with van der Waals surface area (Å²) in [5.41, 5.74) is 0.753. The highest BCUT2D eigenvalue weighted by molar-refractivity contribution is 5.87. The third kappa shape index (κ3) is 3.10. The number of carbonyl (C=O) groups is 1. The zero-order valence-corrected chi connectivity index (χ0v) is 9.74. The van der Waals surface area contributed by atoms with Gasteiger partial charge >= 0.3 is 5.97 Å². The first kappa shape index (κ1) is 11.7. The first-order chi connectivity index (χ1) is 8.29. The molecule has 1 aliphatic carbocycles. The largest absolute Gasteiger partial charge is 0.458 e. The van der Waals surface area contributed by atoms with Crippen LogP contribution in [-0.2, 0) is 4.74 Å². The normalized spacial score (nSPS) is 17.1. The molecule has 1 aliphatic rings. The average Bonchev–Trinajstić information content (AvgIpc) is 2.68. The maximum atomic E-state index is 11.8. The van der Waals surface area contributed by atoms with Crippen LogP contribution in [0.2, 0.25) is 0 Å². The molecule has 0 spiro atoms. The van der Waals surface area contributed by atoms with E-state index in [9.17, 15) is 4.79 Å². The lowest BCUT2D eigenvalue weighted by atomic mass is 10.1. The molecule has 1 fully saturated rings. The van der Waals surface area contributed by atoms with Gasteiger partial charge in [0.25, 0.3) is 0 Å².